The maximum atomic E-state index is 11.5. The summed E-state index contributed by atoms with van der Waals surface area (Å²) in [5.41, 5.74) is 2.01. The second kappa shape index (κ2) is 12.1. The van der Waals surface area contributed by atoms with Gasteiger partial charge in [0.05, 0.1) is 6.54 Å². The average molecular weight is 542 g/mol. The number of hydrogen-bond acceptors (Lipinski definition) is 4. The van der Waals surface area contributed by atoms with Gasteiger partial charge in [0.1, 0.15) is 12.4 Å². The number of nitrogens with one attached hydrogen (secondary N) is 3. The van der Waals surface area contributed by atoms with Crippen molar-refractivity contribution in [3.63, 3.8) is 0 Å². The van der Waals surface area contributed by atoms with Crippen molar-refractivity contribution in [2.45, 2.75) is 46.1 Å². The number of aliphatic imine (C=N–C) groups is 1. The summed E-state index contributed by atoms with van der Waals surface area (Å²) in [5, 5.41) is 9.65. The molecule has 0 bridgehead atoms. The Kier molecular flexibility index (Phi) is 9.90. The highest BCUT2D eigenvalue weighted by Gasteiger charge is 2.15. The Bertz CT molecular complexity index is 869. The number of fused-ring (bicyclic) bond motifs is 1. The summed E-state index contributed by atoms with van der Waals surface area (Å²) in [6, 6.07) is 10.5. The van der Waals surface area contributed by atoms with E-state index >= 15 is 0 Å². The normalized spacial score (nSPS) is 14.2. The quantitative estimate of drug-likeness (QED) is 0.203. The number of nitrogens with zero attached hydrogens (tertiary/aromatic N) is 1. The molecule has 0 aliphatic carbocycles. The zero-order chi connectivity index (χ0) is 20.6. The van der Waals surface area contributed by atoms with Gasteiger partial charge in [-0.1, -0.05) is 0 Å². The molecule has 164 valence electrons. The molecule has 8 heteroatoms. The van der Waals surface area contributed by atoms with E-state index in [-0.39, 0.29) is 29.9 Å². The first kappa shape index (κ1) is 24.5. The van der Waals surface area contributed by atoms with Crippen molar-refractivity contribution in [1.29, 1.82) is 0 Å². The molecule has 0 saturated heterocycles. The van der Waals surface area contributed by atoms with Gasteiger partial charge in [-0.25, -0.2) is 4.99 Å². The van der Waals surface area contributed by atoms with Gasteiger partial charge in [0, 0.05) is 40.9 Å². The van der Waals surface area contributed by atoms with E-state index in [0.717, 1.165) is 42.3 Å². The molecule has 30 heavy (non-hydrogen) atoms. The summed E-state index contributed by atoms with van der Waals surface area (Å²) < 4.78 is 5.86. The summed E-state index contributed by atoms with van der Waals surface area (Å²) in [6.45, 7) is 8.25. The van der Waals surface area contributed by atoms with Crippen molar-refractivity contribution in [2.24, 2.45) is 4.99 Å². The molecule has 0 fully saturated rings. The van der Waals surface area contributed by atoms with Crippen LogP contribution in [-0.4, -0.2) is 37.6 Å². The number of guanidine groups is 1. The third kappa shape index (κ3) is 7.46. The van der Waals surface area contributed by atoms with Gasteiger partial charge in [-0.15, -0.1) is 35.3 Å². The Balaban J connectivity index is 0.00000320. The third-order valence-corrected chi connectivity index (χ3v) is 5.66. The van der Waals surface area contributed by atoms with Gasteiger partial charge in [-0.2, -0.15) is 0 Å². The second-order valence-corrected chi connectivity index (χ2v) is 8.61. The average Bonchev–Trinajstić information content (AvgIpc) is 3.09. The van der Waals surface area contributed by atoms with Crippen LogP contribution in [0.3, 0.4) is 0 Å². The van der Waals surface area contributed by atoms with Gasteiger partial charge in [0.2, 0.25) is 5.91 Å². The van der Waals surface area contributed by atoms with E-state index in [1.165, 1.54) is 9.75 Å². The first-order valence-electron chi connectivity index (χ1n) is 10.2. The molecule has 2 aromatic rings. The molecule has 0 radical (unpaired) electrons. The summed E-state index contributed by atoms with van der Waals surface area (Å²) >= 11 is 1.84. The van der Waals surface area contributed by atoms with Crippen molar-refractivity contribution in [3.8, 4) is 5.75 Å². The SMILES string of the molecule is CCNC(=NCCOc1ccc2c(c1)CCC(=O)N2)NC(C)Cc1ccc(C)s1.I. The Morgan fingerprint density at radius 3 is 2.87 bits per heavy atom. The second-order valence-electron chi connectivity index (χ2n) is 7.24. The number of amides is 1. The van der Waals surface area contributed by atoms with Crippen molar-refractivity contribution < 1.29 is 9.53 Å². The highest BCUT2D eigenvalue weighted by molar-refractivity contribution is 14.0. The van der Waals surface area contributed by atoms with Gasteiger partial charge >= 0.3 is 0 Å². The van der Waals surface area contributed by atoms with E-state index in [0.29, 0.717) is 25.6 Å². The van der Waals surface area contributed by atoms with E-state index in [1.807, 2.05) is 29.5 Å². The van der Waals surface area contributed by atoms with Crippen LogP contribution < -0.4 is 20.7 Å². The summed E-state index contributed by atoms with van der Waals surface area (Å²) in [4.78, 5) is 18.8. The van der Waals surface area contributed by atoms with E-state index in [4.69, 9.17) is 4.74 Å². The maximum absolute atomic E-state index is 11.5. The number of aryl methyl sites for hydroxylation is 2. The fraction of sp³-hybridized carbons (Fsp3) is 0.455. The Hall–Kier alpha value is -1.81. The number of anilines is 1. The number of benzene rings is 1. The lowest BCUT2D eigenvalue weighted by Crippen LogP contribution is -2.43. The van der Waals surface area contributed by atoms with Gasteiger partial charge in [0.25, 0.3) is 0 Å². The standard InChI is InChI=1S/C22H30N4O2S.HI/c1-4-23-22(25-15(2)13-19-8-5-16(3)29-19)24-11-12-28-18-7-9-20-17(14-18)6-10-21(27)26-20;/h5,7-9,14-15H,4,6,10-13H2,1-3H3,(H,26,27)(H2,23,24,25);1H. The summed E-state index contributed by atoms with van der Waals surface area (Å²) in [7, 11) is 0. The highest BCUT2D eigenvalue weighted by atomic mass is 127. The lowest BCUT2D eigenvalue weighted by Gasteiger charge is -2.18. The Labute approximate surface area is 199 Å². The monoisotopic (exact) mass is 542 g/mol. The van der Waals surface area contributed by atoms with Crippen LogP contribution in [0.15, 0.2) is 35.3 Å². The van der Waals surface area contributed by atoms with Gasteiger partial charge < -0.3 is 20.7 Å². The number of rotatable bonds is 8. The molecule has 1 aliphatic rings. The molecular weight excluding hydrogens is 511 g/mol. The molecule has 2 heterocycles. The minimum atomic E-state index is 0. The molecule has 0 spiro atoms. The van der Waals surface area contributed by atoms with Crippen LogP contribution in [0.5, 0.6) is 5.75 Å². The van der Waals surface area contributed by atoms with E-state index in [1.54, 1.807) is 0 Å². The summed E-state index contributed by atoms with van der Waals surface area (Å²) in [6.07, 6.45) is 2.26. The van der Waals surface area contributed by atoms with Crippen LogP contribution >= 0.6 is 35.3 Å². The zero-order valence-electron chi connectivity index (χ0n) is 17.8. The van der Waals surface area contributed by atoms with Crippen LogP contribution in [0.2, 0.25) is 0 Å². The molecule has 1 amide bonds. The lowest BCUT2D eigenvalue weighted by molar-refractivity contribution is -0.116. The van der Waals surface area contributed by atoms with E-state index < -0.39 is 0 Å². The molecule has 1 atom stereocenters. The predicted molar refractivity (Wildman–Crippen MR) is 136 cm³/mol. The first-order chi connectivity index (χ1) is 14.0. The lowest BCUT2D eigenvalue weighted by atomic mass is 10.0. The van der Waals surface area contributed by atoms with Gasteiger partial charge in [0.15, 0.2) is 5.96 Å². The largest absolute Gasteiger partial charge is 0.492 e. The predicted octanol–water partition coefficient (Wildman–Crippen LogP) is 4.12. The van der Waals surface area contributed by atoms with Crippen LogP contribution in [0, 0.1) is 6.92 Å². The van der Waals surface area contributed by atoms with E-state index in [9.17, 15) is 4.79 Å². The smallest absolute Gasteiger partial charge is 0.224 e. The molecule has 3 N–H and O–H groups in total. The van der Waals surface area contributed by atoms with Crippen molar-refractivity contribution >= 4 is 52.9 Å². The molecule has 0 saturated carbocycles. The molecule has 3 rings (SSSR count). The molecule has 1 unspecified atom stereocenters. The highest BCUT2D eigenvalue weighted by Crippen LogP contribution is 2.26. The number of carbonyl (C=O) groups is 1. The molecule has 1 aromatic carbocycles. The first-order valence-corrected chi connectivity index (χ1v) is 11.0. The van der Waals surface area contributed by atoms with Crippen molar-refractivity contribution in [1.82, 2.24) is 10.6 Å². The van der Waals surface area contributed by atoms with Crippen molar-refractivity contribution in [3.05, 3.63) is 45.6 Å². The van der Waals surface area contributed by atoms with E-state index in [2.05, 4.69) is 53.8 Å². The topological polar surface area (TPSA) is 74.8 Å². The number of halogens is 1. The van der Waals surface area contributed by atoms with Gasteiger partial charge in [-0.05, 0) is 63.1 Å². The molecule has 6 nitrogen and oxygen atoms in total. The number of ether oxygens (including phenoxy) is 1. The zero-order valence-corrected chi connectivity index (χ0v) is 20.9. The fourth-order valence-corrected chi connectivity index (χ4v) is 4.29. The number of thiophene rings is 1. The Morgan fingerprint density at radius 2 is 2.13 bits per heavy atom. The minimum Gasteiger partial charge on any atom is -0.492 e. The van der Waals surface area contributed by atoms with Gasteiger partial charge in [-0.3, -0.25) is 4.79 Å². The molecule has 1 aliphatic heterocycles. The van der Waals surface area contributed by atoms with Crippen molar-refractivity contribution in [2.75, 3.05) is 25.0 Å². The summed E-state index contributed by atoms with van der Waals surface area (Å²) in [5.74, 6) is 1.70. The number of carbonyl (C=O) groups excluding carboxylic acids is 1. The van der Waals surface area contributed by atoms with Crippen LogP contribution in [0.25, 0.3) is 0 Å². The van der Waals surface area contributed by atoms with Crippen LogP contribution in [-0.2, 0) is 17.6 Å². The van der Waals surface area contributed by atoms with Crippen LogP contribution in [0.1, 0.15) is 35.6 Å². The maximum Gasteiger partial charge on any atom is 0.224 e. The molecular formula is C22H31IN4O2S. The third-order valence-electron chi connectivity index (χ3n) is 4.63. The fourth-order valence-electron chi connectivity index (χ4n) is 3.27. The van der Waals surface area contributed by atoms with Crippen LogP contribution in [0.4, 0.5) is 5.69 Å². The Morgan fingerprint density at radius 1 is 1.30 bits per heavy atom. The molecule has 1 aromatic heterocycles. The number of hydrogen-bond donors (Lipinski definition) is 3. The minimum absolute atomic E-state index is 0.